The van der Waals surface area contributed by atoms with Gasteiger partial charge in [-0.2, -0.15) is 0 Å². The van der Waals surface area contributed by atoms with Gasteiger partial charge in [0.15, 0.2) is 0 Å². The van der Waals surface area contributed by atoms with E-state index in [4.69, 9.17) is 10.5 Å². The largest absolute Gasteiger partial charge is 0.496 e. The van der Waals surface area contributed by atoms with Gasteiger partial charge in [0.1, 0.15) is 5.75 Å². The molecule has 3 aromatic rings. The number of nitrogens with one attached hydrogen (secondary N) is 1. The molecule has 2 aromatic carbocycles. The summed E-state index contributed by atoms with van der Waals surface area (Å²) in [5, 5.41) is 3.62. The zero-order valence-electron chi connectivity index (χ0n) is 13.5. The zero-order chi connectivity index (χ0) is 17.6. The first-order chi connectivity index (χ1) is 12.1. The molecule has 0 spiro atoms. The number of pyridine rings is 1. The van der Waals surface area contributed by atoms with Gasteiger partial charge in [-0.05, 0) is 34.9 Å². The number of primary amides is 1. The Morgan fingerprint density at radius 3 is 2.76 bits per heavy atom. The lowest BCUT2D eigenvalue weighted by Gasteiger charge is -2.13. The maximum atomic E-state index is 11.9. The van der Waals surface area contributed by atoms with Gasteiger partial charge < -0.3 is 15.8 Å². The molecule has 0 radical (unpaired) electrons. The van der Waals surface area contributed by atoms with Gasteiger partial charge in [0.25, 0.3) is 11.8 Å². The molecule has 1 aliphatic heterocycles. The number of hydrogen-bond donors (Lipinski definition) is 2. The van der Waals surface area contributed by atoms with Crippen LogP contribution < -0.4 is 15.8 Å². The molecule has 0 saturated carbocycles. The van der Waals surface area contributed by atoms with Crippen LogP contribution in [0.3, 0.4) is 0 Å². The van der Waals surface area contributed by atoms with Crippen LogP contribution in [0.5, 0.6) is 5.75 Å². The van der Waals surface area contributed by atoms with Gasteiger partial charge >= 0.3 is 0 Å². The smallest absolute Gasteiger partial charge is 0.252 e. The maximum absolute atomic E-state index is 11.9. The molecule has 0 unspecified atom stereocenters. The van der Waals surface area contributed by atoms with E-state index in [1.165, 1.54) is 7.11 Å². The molecule has 0 saturated heterocycles. The summed E-state index contributed by atoms with van der Waals surface area (Å²) in [6.07, 6.45) is 1.70. The van der Waals surface area contributed by atoms with Crippen LogP contribution in [0.2, 0.25) is 0 Å². The van der Waals surface area contributed by atoms with E-state index >= 15 is 0 Å². The summed E-state index contributed by atoms with van der Waals surface area (Å²) in [5.74, 6) is -0.252. The molecule has 25 heavy (non-hydrogen) atoms. The average Bonchev–Trinajstić information content (AvgIpc) is 3.01. The molecular weight excluding hydrogens is 318 g/mol. The lowest BCUT2D eigenvalue weighted by molar-refractivity contribution is 0.0963. The molecule has 6 nitrogen and oxygen atoms in total. The fraction of sp³-hybridized carbons (Fsp3) is 0.105. The topological polar surface area (TPSA) is 94.3 Å². The van der Waals surface area contributed by atoms with E-state index in [9.17, 15) is 9.59 Å². The van der Waals surface area contributed by atoms with Crippen molar-refractivity contribution in [3.8, 4) is 16.9 Å². The third-order valence-corrected chi connectivity index (χ3v) is 4.46. The Morgan fingerprint density at radius 2 is 2.00 bits per heavy atom. The normalized spacial score (nSPS) is 12.8. The lowest BCUT2D eigenvalue weighted by atomic mass is 9.93. The molecule has 0 bridgehead atoms. The van der Waals surface area contributed by atoms with Crippen LogP contribution in [-0.2, 0) is 6.54 Å². The SMILES string of the molecule is COc1cc2nccc(-c3cccc4c3CNC4=O)c2cc1C(N)=O. The number of aromatic nitrogens is 1. The third kappa shape index (κ3) is 2.30. The highest BCUT2D eigenvalue weighted by Gasteiger charge is 2.23. The first-order valence-corrected chi connectivity index (χ1v) is 7.77. The van der Waals surface area contributed by atoms with Crippen LogP contribution in [0.15, 0.2) is 42.6 Å². The molecule has 0 aliphatic carbocycles. The number of amides is 2. The molecule has 1 aromatic heterocycles. The van der Waals surface area contributed by atoms with Crippen LogP contribution >= 0.6 is 0 Å². The summed E-state index contributed by atoms with van der Waals surface area (Å²) in [6, 6.07) is 10.9. The van der Waals surface area contributed by atoms with Gasteiger partial charge in [0, 0.05) is 29.8 Å². The van der Waals surface area contributed by atoms with Crippen molar-refractivity contribution in [2.24, 2.45) is 5.73 Å². The number of carbonyl (C=O) groups excluding carboxylic acids is 2. The number of methoxy groups -OCH3 is 1. The maximum Gasteiger partial charge on any atom is 0.252 e. The number of hydrogen-bond acceptors (Lipinski definition) is 4. The summed E-state index contributed by atoms with van der Waals surface area (Å²) < 4.78 is 5.25. The molecule has 6 heteroatoms. The Labute approximate surface area is 143 Å². The van der Waals surface area contributed by atoms with E-state index in [0.717, 1.165) is 22.1 Å². The molecule has 4 rings (SSSR count). The van der Waals surface area contributed by atoms with E-state index in [1.807, 2.05) is 24.3 Å². The van der Waals surface area contributed by atoms with Gasteiger partial charge in [-0.15, -0.1) is 0 Å². The second-order valence-corrected chi connectivity index (χ2v) is 5.81. The predicted molar refractivity (Wildman–Crippen MR) is 93.4 cm³/mol. The Hall–Kier alpha value is -3.41. The van der Waals surface area contributed by atoms with E-state index < -0.39 is 5.91 Å². The van der Waals surface area contributed by atoms with Crippen LogP contribution in [0.4, 0.5) is 0 Å². The summed E-state index contributed by atoms with van der Waals surface area (Å²) >= 11 is 0. The quantitative estimate of drug-likeness (QED) is 0.768. The fourth-order valence-corrected chi connectivity index (χ4v) is 3.28. The number of ether oxygens (including phenoxy) is 1. The minimum Gasteiger partial charge on any atom is -0.496 e. The molecular formula is C19H15N3O3. The molecule has 0 atom stereocenters. The highest BCUT2D eigenvalue weighted by molar-refractivity contribution is 6.06. The Kier molecular flexibility index (Phi) is 3.39. The van der Waals surface area contributed by atoms with Crippen molar-refractivity contribution >= 4 is 22.7 Å². The standard InChI is InChI=1S/C19H15N3O3/c1-25-17-8-16-13(7-14(17)18(20)23)11(5-6-21-16)10-3-2-4-12-15(10)9-22-19(12)24/h2-8H,9H2,1H3,(H2,20,23)(H,22,24). The van der Waals surface area contributed by atoms with Gasteiger partial charge in [-0.3, -0.25) is 14.6 Å². The van der Waals surface area contributed by atoms with Gasteiger partial charge in [0.2, 0.25) is 0 Å². The van der Waals surface area contributed by atoms with Crippen LogP contribution in [0.25, 0.3) is 22.0 Å². The summed E-state index contributed by atoms with van der Waals surface area (Å²) in [7, 11) is 1.48. The molecule has 2 amide bonds. The molecule has 1 aliphatic rings. The number of carbonyl (C=O) groups is 2. The lowest BCUT2D eigenvalue weighted by Crippen LogP contribution is -2.12. The third-order valence-electron chi connectivity index (χ3n) is 4.46. The second kappa shape index (κ2) is 5.59. The number of nitrogens with zero attached hydrogens (tertiary/aromatic N) is 1. The van der Waals surface area contributed by atoms with Gasteiger partial charge in [-0.1, -0.05) is 12.1 Å². The monoisotopic (exact) mass is 333 g/mol. The summed E-state index contributed by atoms with van der Waals surface area (Å²) in [6.45, 7) is 0.479. The van der Waals surface area contributed by atoms with Crippen molar-refractivity contribution < 1.29 is 14.3 Å². The highest BCUT2D eigenvalue weighted by Crippen LogP contribution is 2.35. The predicted octanol–water partition coefficient (Wildman–Crippen LogP) is 2.25. The highest BCUT2D eigenvalue weighted by atomic mass is 16.5. The van der Waals surface area contributed by atoms with Crippen LogP contribution in [0, 0.1) is 0 Å². The first-order valence-electron chi connectivity index (χ1n) is 7.77. The second-order valence-electron chi connectivity index (χ2n) is 5.81. The van der Waals surface area contributed by atoms with Gasteiger partial charge in [0.05, 0.1) is 18.2 Å². The van der Waals surface area contributed by atoms with Crippen molar-refractivity contribution in [3.05, 3.63) is 59.3 Å². The van der Waals surface area contributed by atoms with E-state index in [-0.39, 0.29) is 5.91 Å². The van der Waals surface area contributed by atoms with Crippen molar-refractivity contribution in [3.63, 3.8) is 0 Å². The molecule has 2 heterocycles. The summed E-state index contributed by atoms with van der Waals surface area (Å²) in [5.41, 5.74) is 9.91. The Bertz CT molecular complexity index is 1040. The van der Waals surface area contributed by atoms with Crippen LogP contribution in [-0.4, -0.2) is 23.9 Å². The van der Waals surface area contributed by atoms with Crippen molar-refractivity contribution in [1.29, 1.82) is 0 Å². The number of benzene rings is 2. The molecule has 3 N–H and O–H groups in total. The van der Waals surface area contributed by atoms with E-state index in [2.05, 4.69) is 10.3 Å². The number of fused-ring (bicyclic) bond motifs is 2. The first kappa shape index (κ1) is 15.1. The number of rotatable bonds is 3. The zero-order valence-corrected chi connectivity index (χ0v) is 13.5. The minimum absolute atomic E-state index is 0.0743. The minimum atomic E-state index is -0.566. The van der Waals surface area contributed by atoms with Crippen molar-refractivity contribution in [1.82, 2.24) is 10.3 Å². The Balaban J connectivity index is 2.02. The van der Waals surface area contributed by atoms with E-state index in [0.29, 0.717) is 28.9 Å². The molecule has 0 fully saturated rings. The average molecular weight is 333 g/mol. The molecule has 124 valence electrons. The van der Waals surface area contributed by atoms with Gasteiger partial charge in [-0.25, -0.2) is 0 Å². The van der Waals surface area contributed by atoms with Crippen LogP contribution in [0.1, 0.15) is 26.3 Å². The Morgan fingerprint density at radius 1 is 1.20 bits per heavy atom. The summed E-state index contributed by atoms with van der Waals surface area (Å²) in [4.78, 5) is 28.1. The van der Waals surface area contributed by atoms with Crippen molar-refractivity contribution in [2.75, 3.05) is 7.11 Å². The number of nitrogens with two attached hydrogens (primary N) is 1. The fourth-order valence-electron chi connectivity index (χ4n) is 3.28. The van der Waals surface area contributed by atoms with E-state index in [1.54, 1.807) is 18.3 Å². The van der Waals surface area contributed by atoms with Crippen molar-refractivity contribution in [2.45, 2.75) is 6.54 Å².